The van der Waals surface area contributed by atoms with Crippen molar-refractivity contribution >= 4 is 0 Å². The second kappa shape index (κ2) is 7.66. The zero-order valence-electron chi connectivity index (χ0n) is 13.7. The second-order valence-corrected chi connectivity index (χ2v) is 6.23. The second-order valence-electron chi connectivity index (χ2n) is 6.23. The highest BCUT2D eigenvalue weighted by Gasteiger charge is 2.19. The van der Waals surface area contributed by atoms with Crippen molar-refractivity contribution in [2.24, 2.45) is 5.92 Å². The van der Waals surface area contributed by atoms with E-state index in [1.807, 2.05) is 6.07 Å². The van der Waals surface area contributed by atoms with E-state index in [2.05, 4.69) is 50.2 Å². The number of ether oxygens (including phenoxy) is 2. The van der Waals surface area contributed by atoms with E-state index in [1.165, 1.54) is 5.56 Å². The molecule has 4 nitrogen and oxygen atoms in total. The normalized spacial score (nSPS) is 15.0. The van der Waals surface area contributed by atoms with Crippen molar-refractivity contribution in [3.63, 3.8) is 0 Å². The maximum absolute atomic E-state index is 5.50. The molecule has 2 rings (SSSR count). The van der Waals surface area contributed by atoms with E-state index in [0.29, 0.717) is 18.8 Å². The molecule has 0 saturated carbocycles. The van der Waals surface area contributed by atoms with E-state index in [1.54, 1.807) is 0 Å². The number of likely N-dealkylation sites (N-methyl/N-ethyl adjacent to an activating group) is 1. The summed E-state index contributed by atoms with van der Waals surface area (Å²) in [4.78, 5) is 2.39. The van der Waals surface area contributed by atoms with E-state index in [0.717, 1.165) is 37.6 Å². The first-order chi connectivity index (χ1) is 10.1. The summed E-state index contributed by atoms with van der Waals surface area (Å²) in [6, 6.07) is 6.59. The van der Waals surface area contributed by atoms with Gasteiger partial charge in [-0.15, -0.1) is 0 Å². The summed E-state index contributed by atoms with van der Waals surface area (Å²) in [6.07, 6.45) is 1.13. The van der Waals surface area contributed by atoms with Gasteiger partial charge in [0.1, 0.15) is 0 Å². The Balaban J connectivity index is 2.07. The lowest BCUT2D eigenvalue weighted by molar-refractivity contribution is 0.174. The summed E-state index contributed by atoms with van der Waals surface area (Å²) in [5.74, 6) is 2.39. The molecule has 0 aromatic heterocycles. The van der Waals surface area contributed by atoms with Gasteiger partial charge in [-0.05, 0) is 43.6 Å². The van der Waals surface area contributed by atoms with Crippen LogP contribution in [-0.2, 0) is 0 Å². The number of benzene rings is 1. The average Bonchev–Trinajstić information content (AvgIpc) is 2.89. The Kier molecular flexibility index (Phi) is 5.88. The lowest BCUT2D eigenvalue weighted by Gasteiger charge is -2.26. The first kappa shape index (κ1) is 16.1. The molecule has 1 aromatic carbocycles. The summed E-state index contributed by atoms with van der Waals surface area (Å²) in [5.41, 5.74) is 1.27. The van der Waals surface area contributed by atoms with E-state index in [-0.39, 0.29) is 0 Å². The number of hydrogen-bond acceptors (Lipinski definition) is 4. The van der Waals surface area contributed by atoms with Crippen molar-refractivity contribution in [2.45, 2.75) is 33.2 Å². The number of rotatable bonds is 8. The van der Waals surface area contributed by atoms with Gasteiger partial charge < -0.3 is 19.7 Å². The Labute approximate surface area is 128 Å². The fourth-order valence-electron chi connectivity index (χ4n) is 2.75. The van der Waals surface area contributed by atoms with Crippen LogP contribution < -0.4 is 14.8 Å². The van der Waals surface area contributed by atoms with Crippen molar-refractivity contribution < 1.29 is 9.47 Å². The van der Waals surface area contributed by atoms with Crippen molar-refractivity contribution in [2.75, 3.05) is 33.5 Å². The highest BCUT2D eigenvalue weighted by Crippen LogP contribution is 2.34. The highest BCUT2D eigenvalue weighted by molar-refractivity contribution is 5.45. The molecule has 0 radical (unpaired) electrons. The van der Waals surface area contributed by atoms with Gasteiger partial charge in [-0.3, -0.25) is 0 Å². The third-order valence-electron chi connectivity index (χ3n) is 3.61. The third kappa shape index (κ3) is 4.61. The van der Waals surface area contributed by atoms with Gasteiger partial charge in [0.05, 0.1) is 0 Å². The summed E-state index contributed by atoms with van der Waals surface area (Å²) in [7, 11) is 2.19. The molecule has 0 aliphatic carbocycles. The zero-order valence-corrected chi connectivity index (χ0v) is 13.7. The molecule has 1 aromatic rings. The monoisotopic (exact) mass is 292 g/mol. The molecule has 21 heavy (non-hydrogen) atoms. The van der Waals surface area contributed by atoms with Crippen molar-refractivity contribution in [3.05, 3.63) is 23.8 Å². The Bertz CT molecular complexity index is 448. The molecular weight excluding hydrogens is 264 g/mol. The standard InChI is InChI=1S/C17H28N2O2/c1-5-8-18-15(11-19(4)10-13(2)3)14-6-7-16-17(9-14)21-12-20-16/h6-7,9,13,15,18H,5,8,10-12H2,1-4H3. The fourth-order valence-corrected chi connectivity index (χ4v) is 2.75. The van der Waals surface area contributed by atoms with Gasteiger partial charge in [0.2, 0.25) is 6.79 Å². The molecule has 1 heterocycles. The predicted molar refractivity (Wildman–Crippen MR) is 85.9 cm³/mol. The first-order valence-corrected chi connectivity index (χ1v) is 7.91. The zero-order chi connectivity index (χ0) is 15.2. The van der Waals surface area contributed by atoms with Crippen molar-refractivity contribution in [3.8, 4) is 11.5 Å². The summed E-state index contributed by atoms with van der Waals surface area (Å²) >= 11 is 0. The maximum atomic E-state index is 5.50. The topological polar surface area (TPSA) is 33.7 Å². The average molecular weight is 292 g/mol. The lowest BCUT2D eigenvalue weighted by atomic mass is 10.0. The number of fused-ring (bicyclic) bond motifs is 1. The van der Waals surface area contributed by atoms with Gasteiger partial charge >= 0.3 is 0 Å². The Hall–Kier alpha value is -1.26. The van der Waals surface area contributed by atoms with E-state index in [4.69, 9.17) is 9.47 Å². The van der Waals surface area contributed by atoms with Crippen LogP contribution in [-0.4, -0.2) is 38.4 Å². The highest BCUT2D eigenvalue weighted by atomic mass is 16.7. The summed E-state index contributed by atoms with van der Waals surface area (Å²) in [5, 5.41) is 3.64. The minimum absolute atomic E-state index is 0.322. The largest absolute Gasteiger partial charge is 0.454 e. The van der Waals surface area contributed by atoms with Gasteiger partial charge in [0.15, 0.2) is 11.5 Å². The molecule has 0 spiro atoms. The minimum Gasteiger partial charge on any atom is -0.454 e. The SMILES string of the molecule is CCCNC(CN(C)CC(C)C)c1ccc2c(c1)OCO2. The molecule has 1 unspecified atom stereocenters. The van der Waals surface area contributed by atoms with Crippen molar-refractivity contribution in [1.82, 2.24) is 10.2 Å². The number of nitrogens with zero attached hydrogens (tertiary/aromatic N) is 1. The molecule has 0 bridgehead atoms. The van der Waals surface area contributed by atoms with E-state index < -0.39 is 0 Å². The lowest BCUT2D eigenvalue weighted by Crippen LogP contribution is -2.35. The van der Waals surface area contributed by atoms with Gasteiger partial charge in [-0.25, -0.2) is 0 Å². The molecular formula is C17H28N2O2. The molecule has 1 aliphatic rings. The number of nitrogens with one attached hydrogen (secondary N) is 1. The van der Waals surface area contributed by atoms with Gasteiger partial charge in [0, 0.05) is 19.1 Å². The molecule has 0 fully saturated rings. The van der Waals surface area contributed by atoms with Crippen LogP contribution in [0, 0.1) is 5.92 Å². The van der Waals surface area contributed by atoms with E-state index in [9.17, 15) is 0 Å². The van der Waals surface area contributed by atoms with Crippen LogP contribution in [0.5, 0.6) is 11.5 Å². The van der Waals surface area contributed by atoms with Crippen LogP contribution in [0.1, 0.15) is 38.8 Å². The van der Waals surface area contributed by atoms with Crippen LogP contribution in [0.3, 0.4) is 0 Å². The Morgan fingerprint density at radius 3 is 2.67 bits per heavy atom. The molecule has 1 atom stereocenters. The minimum atomic E-state index is 0.322. The molecule has 1 N–H and O–H groups in total. The Morgan fingerprint density at radius 1 is 1.19 bits per heavy atom. The van der Waals surface area contributed by atoms with Crippen LogP contribution in [0.4, 0.5) is 0 Å². The molecule has 1 aliphatic heterocycles. The smallest absolute Gasteiger partial charge is 0.231 e. The van der Waals surface area contributed by atoms with Gasteiger partial charge in [0.25, 0.3) is 0 Å². The first-order valence-electron chi connectivity index (χ1n) is 7.91. The van der Waals surface area contributed by atoms with E-state index >= 15 is 0 Å². The van der Waals surface area contributed by atoms with Crippen LogP contribution >= 0.6 is 0 Å². The van der Waals surface area contributed by atoms with Gasteiger partial charge in [-0.1, -0.05) is 26.8 Å². The van der Waals surface area contributed by atoms with Crippen molar-refractivity contribution in [1.29, 1.82) is 0 Å². The molecule has 4 heteroatoms. The third-order valence-corrected chi connectivity index (χ3v) is 3.61. The van der Waals surface area contributed by atoms with Gasteiger partial charge in [-0.2, -0.15) is 0 Å². The molecule has 0 saturated heterocycles. The number of hydrogen-bond donors (Lipinski definition) is 1. The fraction of sp³-hybridized carbons (Fsp3) is 0.647. The molecule has 0 amide bonds. The quantitative estimate of drug-likeness (QED) is 0.798. The summed E-state index contributed by atoms with van der Waals surface area (Å²) in [6.45, 7) is 10.2. The molecule has 118 valence electrons. The predicted octanol–water partition coefficient (Wildman–Crippen LogP) is 3.04. The van der Waals surface area contributed by atoms with Crippen LogP contribution in [0.2, 0.25) is 0 Å². The maximum Gasteiger partial charge on any atom is 0.231 e. The Morgan fingerprint density at radius 2 is 1.95 bits per heavy atom. The van der Waals surface area contributed by atoms with Crippen LogP contribution in [0.25, 0.3) is 0 Å². The summed E-state index contributed by atoms with van der Waals surface area (Å²) < 4.78 is 10.9. The van der Waals surface area contributed by atoms with Crippen LogP contribution in [0.15, 0.2) is 18.2 Å².